The minimum absolute atomic E-state index is 0.199. The van der Waals surface area contributed by atoms with Crippen LogP contribution in [0.15, 0.2) is 30.9 Å². The van der Waals surface area contributed by atoms with Gasteiger partial charge in [0.25, 0.3) is 5.91 Å². The molecule has 3 aromatic heterocycles. The van der Waals surface area contributed by atoms with Crippen LogP contribution in [0.3, 0.4) is 0 Å². The maximum atomic E-state index is 14.2. The SMILES string of the molecule is Cc1cn2cc(NC(=O)c3cnc(N4CC(C5CCCCC5)C4)cn3)cc(F)c2n1. The molecule has 1 saturated carbocycles. The second kappa shape index (κ2) is 7.66. The lowest BCUT2D eigenvalue weighted by molar-refractivity contribution is 0.102. The van der Waals surface area contributed by atoms with Crippen LogP contribution in [0.4, 0.5) is 15.9 Å². The van der Waals surface area contributed by atoms with Crippen molar-refractivity contribution in [2.24, 2.45) is 11.8 Å². The normalized spacial score (nSPS) is 17.9. The summed E-state index contributed by atoms with van der Waals surface area (Å²) >= 11 is 0. The van der Waals surface area contributed by atoms with Gasteiger partial charge in [0.15, 0.2) is 11.5 Å². The molecule has 2 fully saturated rings. The molecule has 7 nitrogen and oxygen atoms in total. The summed E-state index contributed by atoms with van der Waals surface area (Å²) in [4.78, 5) is 27.6. The van der Waals surface area contributed by atoms with Gasteiger partial charge in [-0.15, -0.1) is 0 Å². The Bertz CT molecular complexity index is 1070. The molecule has 0 spiro atoms. The van der Waals surface area contributed by atoms with Crippen molar-refractivity contribution in [1.82, 2.24) is 19.4 Å². The van der Waals surface area contributed by atoms with Crippen LogP contribution in [0.25, 0.3) is 5.65 Å². The van der Waals surface area contributed by atoms with E-state index >= 15 is 0 Å². The molecule has 1 amide bonds. The summed E-state index contributed by atoms with van der Waals surface area (Å²) in [7, 11) is 0. The molecule has 0 bridgehead atoms. The first-order chi connectivity index (χ1) is 14.6. The van der Waals surface area contributed by atoms with Crippen LogP contribution >= 0.6 is 0 Å². The van der Waals surface area contributed by atoms with Crippen molar-refractivity contribution in [1.29, 1.82) is 0 Å². The highest BCUT2D eigenvalue weighted by molar-refractivity contribution is 6.02. The maximum absolute atomic E-state index is 14.2. The third-order valence-electron chi connectivity index (χ3n) is 6.31. The number of imidazole rings is 1. The van der Waals surface area contributed by atoms with E-state index in [1.54, 1.807) is 29.9 Å². The Kier molecular flexibility index (Phi) is 4.84. The molecule has 1 aliphatic carbocycles. The monoisotopic (exact) mass is 408 g/mol. The minimum Gasteiger partial charge on any atom is -0.355 e. The van der Waals surface area contributed by atoms with E-state index in [1.807, 2.05) is 0 Å². The van der Waals surface area contributed by atoms with Gasteiger partial charge in [-0.1, -0.05) is 32.1 Å². The molecule has 0 radical (unpaired) electrons. The first kappa shape index (κ1) is 19.0. The molecule has 156 valence electrons. The Morgan fingerprint density at radius 3 is 2.63 bits per heavy atom. The van der Waals surface area contributed by atoms with Crippen LogP contribution in [-0.2, 0) is 0 Å². The Labute approximate surface area is 174 Å². The van der Waals surface area contributed by atoms with E-state index in [0.29, 0.717) is 11.4 Å². The van der Waals surface area contributed by atoms with Crippen LogP contribution in [0.2, 0.25) is 0 Å². The molecular weight excluding hydrogens is 383 g/mol. The van der Waals surface area contributed by atoms with Crippen molar-refractivity contribution < 1.29 is 9.18 Å². The first-order valence-electron chi connectivity index (χ1n) is 10.6. The molecule has 1 saturated heterocycles. The van der Waals surface area contributed by atoms with E-state index in [2.05, 4.69) is 25.2 Å². The molecule has 3 aromatic rings. The Morgan fingerprint density at radius 2 is 1.90 bits per heavy atom. The van der Waals surface area contributed by atoms with Gasteiger partial charge in [-0.25, -0.2) is 19.3 Å². The summed E-state index contributed by atoms with van der Waals surface area (Å²) in [6.07, 6.45) is 13.3. The number of nitrogens with one attached hydrogen (secondary N) is 1. The maximum Gasteiger partial charge on any atom is 0.275 e. The summed E-state index contributed by atoms with van der Waals surface area (Å²) < 4.78 is 15.8. The number of rotatable bonds is 4. The van der Waals surface area contributed by atoms with E-state index in [4.69, 9.17) is 0 Å². The lowest BCUT2D eigenvalue weighted by Gasteiger charge is -2.45. The number of anilines is 2. The van der Waals surface area contributed by atoms with E-state index in [0.717, 1.165) is 30.7 Å². The van der Waals surface area contributed by atoms with Crippen molar-refractivity contribution >= 4 is 23.1 Å². The third kappa shape index (κ3) is 3.62. The van der Waals surface area contributed by atoms with E-state index in [-0.39, 0.29) is 11.3 Å². The van der Waals surface area contributed by atoms with Gasteiger partial charge < -0.3 is 14.6 Å². The number of carbonyl (C=O) groups excluding carboxylic acids is 1. The number of hydrogen-bond acceptors (Lipinski definition) is 5. The van der Waals surface area contributed by atoms with Gasteiger partial charge in [-0.3, -0.25) is 4.79 Å². The van der Waals surface area contributed by atoms with Gasteiger partial charge in [0.1, 0.15) is 11.5 Å². The number of fused-ring (bicyclic) bond motifs is 1. The topological polar surface area (TPSA) is 75.4 Å². The highest BCUT2D eigenvalue weighted by Gasteiger charge is 2.34. The number of hydrogen-bond donors (Lipinski definition) is 1. The summed E-state index contributed by atoms with van der Waals surface area (Å²) in [6, 6.07) is 1.26. The predicted molar refractivity (Wildman–Crippen MR) is 112 cm³/mol. The zero-order valence-electron chi connectivity index (χ0n) is 17.0. The standard InChI is InChI=1S/C22H25FN6O/c1-14-10-29-13-17(7-18(23)21(29)26-14)27-22(30)19-8-25-20(9-24-19)28-11-16(12-28)15-5-3-2-4-6-15/h7-10,13,15-16H,2-6,11-12H2,1H3,(H,27,30). The average Bonchev–Trinajstić information content (AvgIpc) is 3.09. The number of nitrogens with zero attached hydrogens (tertiary/aromatic N) is 5. The predicted octanol–water partition coefficient (Wildman–Crippen LogP) is 3.84. The second-order valence-corrected chi connectivity index (χ2v) is 8.47. The Hall–Kier alpha value is -3.03. The van der Waals surface area contributed by atoms with Crippen LogP contribution in [0.5, 0.6) is 0 Å². The Balaban J connectivity index is 1.22. The molecule has 1 aliphatic heterocycles. The zero-order chi connectivity index (χ0) is 20.7. The smallest absolute Gasteiger partial charge is 0.275 e. The van der Waals surface area contributed by atoms with Crippen molar-refractivity contribution in [3.63, 3.8) is 0 Å². The number of aromatic nitrogens is 4. The summed E-state index contributed by atoms with van der Waals surface area (Å²) in [5.41, 5.74) is 1.48. The van der Waals surface area contributed by atoms with Crippen LogP contribution in [0.1, 0.15) is 48.3 Å². The lowest BCUT2D eigenvalue weighted by Crippen LogP contribution is -2.50. The molecule has 2 aliphatic rings. The molecular formula is C22H25FN6O. The number of pyridine rings is 1. The zero-order valence-corrected chi connectivity index (χ0v) is 17.0. The number of amides is 1. The van der Waals surface area contributed by atoms with E-state index in [1.165, 1.54) is 44.4 Å². The van der Waals surface area contributed by atoms with Gasteiger partial charge in [-0.05, 0) is 18.8 Å². The van der Waals surface area contributed by atoms with Crippen molar-refractivity contribution in [2.45, 2.75) is 39.0 Å². The summed E-state index contributed by atoms with van der Waals surface area (Å²) in [5, 5.41) is 2.68. The fraction of sp³-hybridized carbons (Fsp3) is 0.455. The van der Waals surface area contributed by atoms with Gasteiger partial charge in [0.2, 0.25) is 0 Å². The minimum atomic E-state index is -0.493. The fourth-order valence-electron chi connectivity index (χ4n) is 4.65. The highest BCUT2D eigenvalue weighted by Crippen LogP contribution is 2.36. The van der Waals surface area contributed by atoms with Crippen LogP contribution in [0, 0.1) is 24.6 Å². The molecule has 0 unspecified atom stereocenters. The molecule has 4 heterocycles. The first-order valence-corrected chi connectivity index (χ1v) is 10.6. The largest absolute Gasteiger partial charge is 0.355 e. The van der Waals surface area contributed by atoms with Crippen molar-refractivity contribution in [3.8, 4) is 0 Å². The molecule has 5 rings (SSSR count). The molecule has 0 aromatic carbocycles. The summed E-state index contributed by atoms with van der Waals surface area (Å²) in [5.74, 6) is 1.50. The lowest BCUT2D eigenvalue weighted by atomic mass is 9.76. The Morgan fingerprint density at radius 1 is 1.10 bits per heavy atom. The van der Waals surface area contributed by atoms with Gasteiger partial charge in [0, 0.05) is 31.5 Å². The number of carbonyl (C=O) groups is 1. The van der Waals surface area contributed by atoms with Crippen LogP contribution < -0.4 is 10.2 Å². The molecule has 1 N–H and O–H groups in total. The summed E-state index contributed by atoms with van der Waals surface area (Å²) in [6.45, 7) is 3.83. The molecule has 30 heavy (non-hydrogen) atoms. The average molecular weight is 408 g/mol. The third-order valence-corrected chi connectivity index (χ3v) is 6.31. The van der Waals surface area contributed by atoms with Crippen LogP contribution in [-0.4, -0.2) is 38.3 Å². The fourth-order valence-corrected chi connectivity index (χ4v) is 4.65. The van der Waals surface area contributed by atoms with Gasteiger partial charge >= 0.3 is 0 Å². The quantitative estimate of drug-likeness (QED) is 0.710. The molecule has 8 heteroatoms. The van der Waals surface area contributed by atoms with Gasteiger partial charge in [0.05, 0.1) is 23.8 Å². The molecule has 0 atom stereocenters. The number of halogens is 1. The van der Waals surface area contributed by atoms with E-state index < -0.39 is 11.7 Å². The van der Waals surface area contributed by atoms with E-state index in [9.17, 15) is 9.18 Å². The number of aryl methyl sites for hydroxylation is 1. The van der Waals surface area contributed by atoms with Crippen molar-refractivity contribution in [3.05, 3.63) is 48.1 Å². The van der Waals surface area contributed by atoms with Crippen molar-refractivity contribution in [2.75, 3.05) is 23.3 Å². The highest BCUT2D eigenvalue weighted by atomic mass is 19.1. The second-order valence-electron chi connectivity index (χ2n) is 8.47. The van der Waals surface area contributed by atoms with Gasteiger partial charge in [-0.2, -0.15) is 0 Å².